The maximum absolute atomic E-state index is 9.58. The van der Waals surface area contributed by atoms with Crippen molar-refractivity contribution >= 4 is 0 Å². The van der Waals surface area contributed by atoms with Gasteiger partial charge in [-0.1, -0.05) is 18.7 Å². The highest BCUT2D eigenvalue weighted by atomic mass is 16.3. The lowest BCUT2D eigenvalue weighted by atomic mass is 9.97. The first-order valence-corrected chi connectivity index (χ1v) is 4.95. The van der Waals surface area contributed by atoms with E-state index in [4.69, 9.17) is 10.2 Å². The Morgan fingerprint density at radius 3 is 2.00 bits per heavy atom. The fraction of sp³-hybridized carbons (Fsp3) is 0.636. The largest absolute Gasteiger partial charge is 0.396 e. The molecule has 88 valence electrons. The number of aliphatic hydroxyl groups is 4. The van der Waals surface area contributed by atoms with Gasteiger partial charge in [0.15, 0.2) is 0 Å². The van der Waals surface area contributed by atoms with Crippen LogP contribution in [0, 0.1) is 0 Å². The summed E-state index contributed by atoms with van der Waals surface area (Å²) in [5, 5.41) is 36.4. The van der Waals surface area contributed by atoms with Crippen molar-refractivity contribution in [1.82, 2.24) is 0 Å². The van der Waals surface area contributed by atoms with Gasteiger partial charge in [0, 0.05) is 13.2 Å². The zero-order valence-electron chi connectivity index (χ0n) is 8.89. The lowest BCUT2D eigenvalue weighted by molar-refractivity contribution is 0.0388. The van der Waals surface area contributed by atoms with E-state index in [0.717, 1.165) is 0 Å². The van der Waals surface area contributed by atoms with Gasteiger partial charge in [0.05, 0.1) is 6.10 Å². The Morgan fingerprint density at radius 1 is 1.00 bits per heavy atom. The summed E-state index contributed by atoms with van der Waals surface area (Å²) in [6.07, 6.45) is -1.11. The Morgan fingerprint density at radius 2 is 1.53 bits per heavy atom. The maximum Gasteiger partial charge on any atom is 0.101 e. The Hall–Kier alpha value is -0.680. The van der Waals surface area contributed by atoms with E-state index in [1.807, 2.05) is 0 Å². The zero-order chi connectivity index (χ0) is 11.8. The summed E-state index contributed by atoms with van der Waals surface area (Å²) >= 11 is 0. The fourth-order valence-corrected chi connectivity index (χ4v) is 1.23. The molecule has 0 aliphatic heterocycles. The van der Waals surface area contributed by atoms with E-state index in [9.17, 15) is 10.2 Å². The highest BCUT2D eigenvalue weighted by molar-refractivity contribution is 5.07. The third-order valence-corrected chi connectivity index (χ3v) is 2.18. The molecule has 0 saturated heterocycles. The van der Waals surface area contributed by atoms with E-state index in [1.54, 1.807) is 0 Å². The monoisotopic (exact) mass is 216 g/mol. The standard InChI is InChI=1S/C11H20O4/c1-8(3-5-12)7-10(14)11(15)9(2)4-6-13/h10-15H,1-7H2. The van der Waals surface area contributed by atoms with E-state index in [0.29, 0.717) is 17.6 Å². The highest BCUT2D eigenvalue weighted by Gasteiger charge is 2.19. The van der Waals surface area contributed by atoms with E-state index < -0.39 is 12.2 Å². The Kier molecular flexibility index (Phi) is 7.25. The summed E-state index contributed by atoms with van der Waals surface area (Å²) in [6.45, 7) is 7.12. The van der Waals surface area contributed by atoms with Gasteiger partial charge in [-0.25, -0.2) is 0 Å². The normalized spacial score (nSPS) is 14.7. The average molecular weight is 216 g/mol. The van der Waals surface area contributed by atoms with Gasteiger partial charge in [0.1, 0.15) is 6.10 Å². The van der Waals surface area contributed by atoms with Gasteiger partial charge in [-0.2, -0.15) is 0 Å². The third kappa shape index (κ3) is 5.69. The molecule has 0 aliphatic rings. The zero-order valence-corrected chi connectivity index (χ0v) is 8.89. The van der Waals surface area contributed by atoms with Crippen LogP contribution in [0.15, 0.2) is 24.3 Å². The summed E-state index contributed by atoms with van der Waals surface area (Å²) in [6, 6.07) is 0. The van der Waals surface area contributed by atoms with Crippen LogP contribution < -0.4 is 0 Å². The molecule has 0 radical (unpaired) electrons. The Balaban J connectivity index is 4.02. The first-order chi connectivity index (χ1) is 7.02. The molecule has 0 spiro atoms. The van der Waals surface area contributed by atoms with Crippen LogP contribution in [0.2, 0.25) is 0 Å². The molecule has 0 aromatic carbocycles. The first-order valence-electron chi connectivity index (χ1n) is 4.95. The quantitative estimate of drug-likeness (QED) is 0.430. The van der Waals surface area contributed by atoms with Gasteiger partial charge in [-0.3, -0.25) is 0 Å². The minimum atomic E-state index is -1.05. The fourth-order valence-electron chi connectivity index (χ4n) is 1.23. The summed E-state index contributed by atoms with van der Waals surface area (Å²) in [5.41, 5.74) is 1.09. The number of aliphatic hydroxyl groups excluding tert-OH is 4. The highest BCUT2D eigenvalue weighted by Crippen LogP contribution is 2.15. The van der Waals surface area contributed by atoms with Crippen molar-refractivity contribution in [3.05, 3.63) is 24.3 Å². The van der Waals surface area contributed by atoms with E-state index in [2.05, 4.69) is 13.2 Å². The minimum absolute atomic E-state index is 0.0146. The molecule has 0 aliphatic carbocycles. The van der Waals surface area contributed by atoms with Crippen LogP contribution in [0.5, 0.6) is 0 Å². The number of hydrogen-bond acceptors (Lipinski definition) is 4. The molecule has 0 aromatic heterocycles. The summed E-state index contributed by atoms with van der Waals surface area (Å²) in [7, 11) is 0. The molecule has 0 fully saturated rings. The maximum atomic E-state index is 9.58. The number of rotatable bonds is 8. The Bertz CT molecular complexity index is 213. The van der Waals surface area contributed by atoms with Gasteiger partial charge in [0.25, 0.3) is 0 Å². The van der Waals surface area contributed by atoms with Crippen molar-refractivity contribution in [2.24, 2.45) is 0 Å². The van der Waals surface area contributed by atoms with Crippen molar-refractivity contribution < 1.29 is 20.4 Å². The second kappa shape index (κ2) is 7.59. The molecule has 4 nitrogen and oxygen atoms in total. The summed E-state index contributed by atoms with van der Waals surface area (Å²) < 4.78 is 0. The van der Waals surface area contributed by atoms with Crippen molar-refractivity contribution in [2.75, 3.05) is 13.2 Å². The molecule has 15 heavy (non-hydrogen) atoms. The molecule has 0 bridgehead atoms. The molecule has 0 aromatic rings. The van der Waals surface area contributed by atoms with Gasteiger partial charge in [-0.15, -0.1) is 0 Å². The molecule has 0 rings (SSSR count). The summed E-state index contributed by atoms with van der Waals surface area (Å²) in [5.74, 6) is 0. The number of hydrogen-bond donors (Lipinski definition) is 4. The molecule has 0 amide bonds. The van der Waals surface area contributed by atoms with E-state index in [1.165, 1.54) is 0 Å². The second-order valence-corrected chi connectivity index (χ2v) is 3.57. The predicted octanol–water partition coefficient (Wildman–Crippen LogP) is -0.0245. The average Bonchev–Trinajstić information content (AvgIpc) is 2.17. The van der Waals surface area contributed by atoms with Crippen molar-refractivity contribution in [1.29, 1.82) is 0 Å². The second-order valence-electron chi connectivity index (χ2n) is 3.57. The topological polar surface area (TPSA) is 80.9 Å². The predicted molar refractivity (Wildman–Crippen MR) is 58.3 cm³/mol. The molecule has 4 N–H and O–H groups in total. The SMILES string of the molecule is C=C(CCO)CC(O)C(O)C(=C)CCO. The van der Waals surface area contributed by atoms with Gasteiger partial charge >= 0.3 is 0 Å². The van der Waals surface area contributed by atoms with Crippen molar-refractivity contribution in [3.63, 3.8) is 0 Å². The molecule has 2 unspecified atom stereocenters. The lowest BCUT2D eigenvalue weighted by Crippen LogP contribution is -2.28. The van der Waals surface area contributed by atoms with Gasteiger partial charge in [0.2, 0.25) is 0 Å². The van der Waals surface area contributed by atoms with Crippen LogP contribution in [0.4, 0.5) is 0 Å². The van der Waals surface area contributed by atoms with Crippen LogP contribution >= 0.6 is 0 Å². The Labute approximate surface area is 90.2 Å². The molecular weight excluding hydrogens is 196 g/mol. The van der Waals surface area contributed by atoms with Crippen LogP contribution in [0.3, 0.4) is 0 Å². The minimum Gasteiger partial charge on any atom is -0.396 e. The van der Waals surface area contributed by atoms with E-state index >= 15 is 0 Å². The first kappa shape index (κ1) is 14.3. The van der Waals surface area contributed by atoms with Crippen LogP contribution in [-0.2, 0) is 0 Å². The van der Waals surface area contributed by atoms with Gasteiger partial charge < -0.3 is 20.4 Å². The van der Waals surface area contributed by atoms with Crippen LogP contribution in [-0.4, -0.2) is 45.8 Å². The molecule has 0 saturated carbocycles. The molecule has 2 atom stereocenters. The van der Waals surface area contributed by atoms with Crippen molar-refractivity contribution in [2.45, 2.75) is 31.5 Å². The smallest absolute Gasteiger partial charge is 0.101 e. The lowest BCUT2D eigenvalue weighted by Gasteiger charge is -2.20. The summed E-state index contributed by atoms with van der Waals surface area (Å²) in [4.78, 5) is 0. The van der Waals surface area contributed by atoms with Gasteiger partial charge in [-0.05, 0) is 24.8 Å². The van der Waals surface area contributed by atoms with Crippen LogP contribution in [0.1, 0.15) is 19.3 Å². The van der Waals surface area contributed by atoms with Crippen molar-refractivity contribution in [3.8, 4) is 0 Å². The molecule has 0 heterocycles. The third-order valence-electron chi connectivity index (χ3n) is 2.18. The van der Waals surface area contributed by atoms with E-state index in [-0.39, 0.29) is 26.1 Å². The molecular formula is C11H20O4. The molecule has 4 heteroatoms. The van der Waals surface area contributed by atoms with Crippen LogP contribution in [0.25, 0.3) is 0 Å².